The van der Waals surface area contributed by atoms with E-state index in [0.717, 1.165) is 10.0 Å². The third-order valence-electron chi connectivity index (χ3n) is 2.21. The van der Waals surface area contributed by atoms with Crippen LogP contribution in [0.15, 0.2) is 16.6 Å². The topological polar surface area (TPSA) is 50.1 Å². The van der Waals surface area contributed by atoms with Crippen molar-refractivity contribution >= 4 is 21.9 Å². The molecule has 0 aromatic heterocycles. The standard InChI is InChI=1S/C12H12BrNO2/c1-3-9-10(13)6-5-8(7-14)11(9)12(15)16-4-2/h5-6H,3-4H2,1-2H3. The second kappa shape index (κ2) is 5.66. The number of nitriles is 1. The molecular formula is C12H12BrNO2. The highest BCUT2D eigenvalue weighted by atomic mass is 79.9. The van der Waals surface area contributed by atoms with Gasteiger partial charge in [0.25, 0.3) is 0 Å². The third kappa shape index (κ3) is 2.42. The Morgan fingerprint density at radius 3 is 2.69 bits per heavy atom. The first-order valence-corrected chi connectivity index (χ1v) is 5.83. The van der Waals surface area contributed by atoms with E-state index in [1.165, 1.54) is 0 Å². The number of esters is 1. The minimum Gasteiger partial charge on any atom is -0.462 e. The molecule has 0 amide bonds. The highest BCUT2D eigenvalue weighted by Crippen LogP contribution is 2.25. The lowest BCUT2D eigenvalue weighted by molar-refractivity contribution is 0.0524. The third-order valence-corrected chi connectivity index (χ3v) is 2.95. The molecule has 0 aliphatic heterocycles. The minimum atomic E-state index is -0.433. The predicted molar refractivity (Wildman–Crippen MR) is 64.2 cm³/mol. The van der Waals surface area contributed by atoms with Gasteiger partial charge < -0.3 is 4.74 Å². The predicted octanol–water partition coefficient (Wildman–Crippen LogP) is 3.06. The van der Waals surface area contributed by atoms with Crippen LogP contribution in [0.3, 0.4) is 0 Å². The fourth-order valence-electron chi connectivity index (χ4n) is 1.50. The fraction of sp³-hybridized carbons (Fsp3) is 0.333. The average Bonchev–Trinajstić information content (AvgIpc) is 2.28. The van der Waals surface area contributed by atoms with Gasteiger partial charge in [-0.15, -0.1) is 0 Å². The molecule has 0 radical (unpaired) electrons. The maximum atomic E-state index is 11.8. The Morgan fingerprint density at radius 2 is 2.19 bits per heavy atom. The molecule has 0 aliphatic rings. The van der Waals surface area contributed by atoms with Gasteiger partial charge in [0, 0.05) is 4.47 Å². The van der Waals surface area contributed by atoms with Crippen molar-refractivity contribution in [2.24, 2.45) is 0 Å². The highest BCUT2D eigenvalue weighted by molar-refractivity contribution is 9.10. The highest BCUT2D eigenvalue weighted by Gasteiger charge is 2.18. The van der Waals surface area contributed by atoms with Crippen LogP contribution in [0.1, 0.15) is 35.3 Å². The Hall–Kier alpha value is -1.34. The summed E-state index contributed by atoms with van der Waals surface area (Å²) in [6, 6.07) is 5.41. The maximum Gasteiger partial charge on any atom is 0.339 e. The molecule has 16 heavy (non-hydrogen) atoms. The van der Waals surface area contributed by atoms with Crippen molar-refractivity contribution in [1.29, 1.82) is 5.26 Å². The Labute approximate surface area is 103 Å². The lowest BCUT2D eigenvalue weighted by Crippen LogP contribution is -2.11. The van der Waals surface area contributed by atoms with Gasteiger partial charge in [0.15, 0.2) is 0 Å². The first-order valence-electron chi connectivity index (χ1n) is 5.04. The van der Waals surface area contributed by atoms with E-state index >= 15 is 0 Å². The van der Waals surface area contributed by atoms with E-state index in [2.05, 4.69) is 15.9 Å². The molecule has 0 aliphatic carbocycles. The number of benzene rings is 1. The zero-order valence-corrected chi connectivity index (χ0v) is 10.8. The van der Waals surface area contributed by atoms with Gasteiger partial charge in [-0.05, 0) is 31.0 Å². The number of hydrogen-bond donors (Lipinski definition) is 0. The van der Waals surface area contributed by atoms with Crippen LogP contribution in [0.25, 0.3) is 0 Å². The number of nitrogens with zero attached hydrogens (tertiary/aromatic N) is 1. The van der Waals surface area contributed by atoms with Gasteiger partial charge in [-0.1, -0.05) is 22.9 Å². The summed E-state index contributed by atoms with van der Waals surface area (Å²) >= 11 is 3.37. The molecule has 0 spiro atoms. The molecule has 0 saturated carbocycles. The Morgan fingerprint density at radius 1 is 1.50 bits per heavy atom. The first-order chi connectivity index (χ1) is 7.65. The van der Waals surface area contributed by atoms with Crippen molar-refractivity contribution in [3.8, 4) is 6.07 Å². The van der Waals surface area contributed by atoms with E-state index in [4.69, 9.17) is 10.00 Å². The molecule has 1 aromatic rings. The lowest BCUT2D eigenvalue weighted by Gasteiger charge is -2.10. The minimum absolute atomic E-state index is 0.305. The van der Waals surface area contributed by atoms with Crippen LogP contribution in [0.4, 0.5) is 0 Å². The van der Waals surface area contributed by atoms with Gasteiger partial charge in [-0.3, -0.25) is 0 Å². The molecule has 0 bridgehead atoms. The lowest BCUT2D eigenvalue weighted by atomic mass is 10.00. The summed E-state index contributed by atoms with van der Waals surface area (Å²) in [6.07, 6.45) is 0.671. The van der Waals surface area contributed by atoms with E-state index in [-0.39, 0.29) is 0 Å². The smallest absolute Gasteiger partial charge is 0.339 e. The van der Waals surface area contributed by atoms with Gasteiger partial charge in [0.05, 0.1) is 17.7 Å². The van der Waals surface area contributed by atoms with Crippen molar-refractivity contribution in [2.45, 2.75) is 20.3 Å². The largest absolute Gasteiger partial charge is 0.462 e. The van der Waals surface area contributed by atoms with Gasteiger partial charge >= 0.3 is 5.97 Å². The van der Waals surface area contributed by atoms with E-state index in [9.17, 15) is 4.79 Å². The molecule has 1 rings (SSSR count). The van der Waals surface area contributed by atoms with Gasteiger partial charge in [-0.25, -0.2) is 4.79 Å². The molecule has 3 nitrogen and oxygen atoms in total. The van der Waals surface area contributed by atoms with E-state index < -0.39 is 5.97 Å². The Kier molecular flexibility index (Phi) is 4.51. The van der Waals surface area contributed by atoms with Crippen LogP contribution < -0.4 is 0 Å². The number of rotatable bonds is 3. The average molecular weight is 282 g/mol. The monoisotopic (exact) mass is 281 g/mol. The molecule has 4 heteroatoms. The van der Waals surface area contributed by atoms with Gasteiger partial charge in [0.1, 0.15) is 6.07 Å². The summed E-state index contributed by atoms with van der Waals surface area (Å²) < 4.78 is 5.79. The first kappa shape index (κ1) is 12.7. The number of carbonyl (C=O) groups is 1. The van der Waals surface area contributed by atoms with Crippen LogP contribution >= 0.6 is 15.9 Å². The second-order valence-corrected chi connectivity index (χ2v) is 3.99. The summed E-state index contributed by atoms with van der Waals surface area (Å²) in [7, 11) is 0. The van der Waals surface area contributed by atoms with E-state index in [1.54, 1.807) is 19.1 Å². The quantitative estimate of drug-likeness (QED) is 0.800. The SMILES string of the molecule is CCOC(=O)c1c(C#N)ccc(Br)c1CC. The van der Waals surface area contributed by atoms with Crippen molar-refractivity contribution < 1.29 is 9.53 Å². The molecule has 0 fully saturated rings. The van der Waals surface area contributed by atoms with Crippen LogP contribution in [-0.2, 0) is 11.2 Å². The molecule has 1 aromatic carbocycles. The van der Waals surface area contributed by atoms with E-state index in [0.29, 0.717) is 24.2 Å². The molecule has 84 valence electrons. The second-order valence-electron chi connectivity index (χ2n) is 3.13. The molecule has 0 unspecified atom stereocenters. The number of carbonyl (C=O) groups excluding carboxylic acids is 1. The molecule has 0 heterocycles. The van der Waals surface area contributed by atoms with Gasteiger partial charge in [-0.2, -0.15) is 5.26 Å². The fourth-order valence-corrected chi connectivity index (χ4v) is 2.11. The molecule has 0 N–H and O–H groups in total. The summed E-state index contributed by atoms with van der Waals surface area (Å²) in [5.41, 5.74) is 1.55. The number of hydrogen-bond acceptors (Lipinski definition) is 3. The normalized spacial score (nSPS) is 9.62. The molecule has 0 atom stereocenters. The zero-order valence-electron chi connectivity index (χ0n) is 9.21. The summed E-state index contributed by atoms with van der Waals surface area (Å²) in [5, 5.41) is 8.97. The number of halogens is 1. The van der Waals surface area contributed by atoms with E-state index in [1.807, 2.05) is 13.0 Å². The van der Waals surface area contributed by atoms with Crippen LogP contribution in [0.2, 0.25) is 0 Å². The van der Waals surface area contributed by atoms with Crippen molar-refractivity contribution in [2.75, 3.05) is 6.61 Å². The summed E-state index contributed by atoms with van der Waals surface area (Å²) in [4.78, 5) is 11.8. The maximum absolute atomic E-state index is 11.8. The zero-order chi connectivity index (χ0) is 12.1. The summed E-state index contributed by atoms with van der Waals surface area (Å²) in [6.45, 7) is 3.98. The van der Waals surface area contributed by atoms with Gasteiger partial charge in [0.2, 0.25) is 0 Å². The van der Waals surface area contributed by atoms with Crippen molar-refractivity contribution in [1.82, 2.24) is 0 Å². The van der Waals surface area contributed by atoms with Crippen LogP contribution in [-0.4, -0.2) is 12.6 Å². The van der Waals surface area contributed by atoms with Crippen LogP contribution in [0, 0.1) is 11.3 Å². The van der Waals surface area contributed by atoms with Crippen LogP contribution in [0.5, 0.6) is 0 Å². The van der Waals surface area contributed by atoms with Crippen molar-refractivity contribution in [3.05, 3.63) is 33.3 Å². The van der Waals surface area contributed by atoms with Crippen molar-refractivity contribution in [3.63, 3.8) is 0 Å². The Balaban J connectivity index is 3.37. The number of ether oxygens (including phenoxy) is 1. The molecular weight excluding hydrogens is 270 g/mol. The summed E-state index contributed by atoms with van der Waals surface area (Å²) in [5.74, 6) is -0.433. The molecule has 0 saturated heterocycles. The Bertz CT molecular complexity index is 449.